The van der Waals surface area contributed by atoms with Crippen LogP contribution in [0.2, 0.25) is 0 Å². The molecular weight excluding hydrogens is 312 g/mol. The quantitative estimate of drug-likeness (QED) is 0.634. The first-order valence-electron chi connectivity index (χ1n) is 8.75. The van der Waals surface area contributed by atoms with Gasteiger partial charge < -0.3 is 4.74 Å². The third kappa shape index (κ3) is 5.36. The van der Waals surface area contributed by atoms with E-state index in [4.69, 9.17) is 4.74 Å². The average molecular weight is 347 g/mol. The number of thioether (sulfide) groups is 2. The molecule has 1 unspecified atom stereocenters. The summed E-state index contributed by atoms with van der Waals surface area (Å²) in [5.74, 6) is 4.28. The van der Waals surface area contributed by atoms with Gasteiger partial charge in [0.2, 0.25) is 0 Å². The topological polar surface area (TPSA) is 26.3 Å². The lowest BCUT2D eigenvalue weighted by Crippen LogP contribution is -2.19. The summed E-state index contributed by atoms with van der Waals surface area (Å²) in [6.07, 6.45) is 2.52. The Bertz CT molecular complexity index is 348. The largest absolute Gasteiger partial charge is 0.451 e. The molecule has 2 saturated heterocycles. The number of carbonyl (C=O) groups is 1. The summed E-state index contributed by atoms with van der Waals surface area (Å²) in [5.41, 5.74) is 0.0810. The van der Waals surface area contributed by atoms with Crippen LogP contribution < -0.4 is 0 Å². The smallest absolute Gasteiger partial charge is 0.303 e. The average Bonchev–Trinajstić information content (AvgIpc) is 2.94. The molecule has 4 heteroatoms. The van der Waals surface area contributed by atoms with Crippen LogP contribution in [0.25, 0.3) is 0 Å². The lowest BCUT2D eigenvalue weighted by atomic mass is 9.92. The number of carbonyl (C=O) groups excluding carboxylic acids is 1. The minimum Gasteiger partial charge on any atom is -0.451 e. The van der Waals surface area contributed by atoms with Crippen LogP contribution in [0.15, 0.2) is 0 Å². The van der Waals surface area contributed by atoms with Gasteiger partial charge in [-0.3, -0.25) is 4.79 Å². The first-order chi connectivity index (χ1) is 10.3. The highest BCUT2D eigenvalue weighted by atomic mass is 32.2. The van der Waals surface area contributed by atoms with E-state index >= 15 is 0 Å². The summed E-state index contributed by atoms with van der Waals surface area (Å²) in [6.45, 7) is 15.1. The Morgan fingerprint density at radius 2 is 1.59 bits per heavy atom. The number of rotatable bonds is 3. The van der Waals surface area contributed by atoms with E-state index in [2.05, 4.69) is 53.3 Å². The fourth-order valence-electron chi connectivity index (χ4n) is 3.21. The van der Waals surface area contributed by atoms with Gasteiger partial charge >= 0.3 is 5.97 Å². The zero-order chi connectivity index (χ0) is 16.9. The van der Waals surface area contributed by atoms with Crippen molar-refractivity contribution < 1.29 is 9.53 Å². The van der Waals surface area contributed by atoms with Crippen LogP contribution in [-0.2, 0) is 9.53 Å². The fraction of sp³-hybridized carbons (Fsp3) is 0.944. The van der Waals surface area contributed by atoms with Crippen LogP contribution in [0.3, 0.4) is 0 Å². The Kier molecular flexibility index (Phi) is 8.69. The normalized spacial score (nSPS) is 41.0. The molecule has 0 aliphatic carbocycles. The summed E-state index contributed by atoms with van der Waals surface area (Å²) in [4.78, 5) is 10.8. The fourth-order valence-corrected chi connectivity index (χ4v) is 6.59. The zero-order valence-corrected chi connectivity index (χ0v) is 16.9. The molecule has 2 aliphatic heterocycles. The van der Waals surface area contributed by atoms with Crippen molar-refractivity contribution >= 4 is 29.5 Å². The van der Waals surface area contributed by atoms with Gasteiger partial charge in [0.15, 0.2) is 5.44 Å². The van der Waals surface area contributed by atoms with E-state index in [1.54, 1.807) is 0 Å². The van der Waals surface area contributed by atoms with E-state index < -0.39 is 0 Å². The van der Waals surface area contributed by atoms with Crippen LogP contribution in [0.4, 0.5) is 0 Å². The molecule has 2 aliphatic rings. The van der Waals surface area contributed by atoms with Gasteiger partial charge in [-0.05, 0) is 36.3 Å². The van der Waals surface area contributed by atoms with Gasteiger partial charge in [-0.2, -0.15) is 11.8 Å². The van der Waals surface area contributed by atoms with Crippen LogP contribution in [0, 0.1) is 23.7 Å². The van der Waals surface area contributed by atoms with E-state index in [0.29, 0.717) is 17.1 Å². The molecule has 0 aromatic heterocycles. The van der Waals surface area contributed by atoms with Crippen LogP contribution in [0.1, 0.15) is 61.3 Å². The lowest BCUT2D eigenvalue weighted by Gasteiger charge is -2.16. The molecule has 0 bridgehead atoms. The minimum atomic E-state index is -0.159. The lowest BCUT2D eigenvalue weighted by molar-refractivity contribution is -0.144. The van der Waals surface area contributed by atoms with Crippen molar-refractivity contribution in [2.24, 2.45) is 23.7 Å². The Labute approximate surface area is 145 Å². The first-order valence-corrected chi connectivity index (χ1v) is 10.7. The molecule has 0 N–H and O–H groups in total. The maximum atomic E-state index is 10.8. The van der Waals surface area contributed by atoms with Gasteiger partial charge in [-0.25, -0.2) is 0 Å². The van der Waals surface area contributed by atoms with E-state index in [1.807, 2.05) is 11.8 Å². The van der Waals surface area contributed by atoms with Crippen molar-refractivity contribution in [3.8, 4) is 0 Å². The highest BCUT2D eigenvalue weighted by Crippen LogP contribution is 2.44. The molecule has 22 heavy (non-hydrogen) atoms. The van der Waals surface area contributed by atoms with E-state index in [1.165, 1.54) is 19.1 Å². The molecule has 2 fully saturated rings. The molecule has 7 atom stereocenters. The second-order valence-corrected chi connectivity index (χ2v) is 9.51. The Morgan fingerprint density at radius 1 is 1.00 bits per heavy atom. The molecule has 0 radical (unpaired) electrons. The molecule has 0 aromatic rings. The van der Waals surface area contributed by atoms with Crippen LogP contribution in [-0.4, -0.2) is 27.7 Å². The highest BCUT2D eigenvalue weighted by molar-refractivity contribution is 8.00. The Morgan fingerprint density at radius 3 is 1.91 bits per heavy atom. The van der Waals surface area contributed by atoms with E-state index in [0.717, 1.165) is 23.5 Å². The van der Waals surface area contributed by atoms with Crippen molar-refractivity contribution in [2.45, 2.75) is 77.2 Å². The second kappa shape index (κ2) is 9.46. The number of esters is 1. The summed E-state index contributed by atoms with van der Waals surface area (Å²) >= 11 is 3.97. The van der Waals surface area contributed by atoms with Crippen LogP contribution in [0.5, 0.6) is 0 Å². The molecule has 2 heterocycles. The Hall–Kier alpha value is 0.170. The SMILES string of the molecule is CC[C@H]1SC(OC(C)=O)[C@@H](C)[C@@H]1C.CC[C@H]1SC[C@@H](C)[C@@H]1C. The molecule has 2 rings (SSSR count). The van der Waals surface area contributed by atoms with Crippen molar-refractivity contribution in [3.63, 3.8) is 0 Å². The standard InChI is InChI=1S/C10H18O2S.C8H16S/c1-5-9-6(2)7(3)10(13-9)12-8(4)11;1-4-8-7(3)6(2)5-9-8/h6-7,9-10H,5H2,1-4H3;6-8H,4-5H2,1-3H3/t6-,7-,9+,10?;6-,7+,8-/m01/s1. The number of hydrogen-bond acceptors (Lipinski definition) is 4. The molecule has 130 valence electrons. The predicted molar refractivity (Wildman–Crippen MR) is 100 cm³/mol. The molecule has 0 amide bonds. The van der Waals surface area contributed by atoms with Gasteiger partial charge in [0.1, 0.15) is 0 Å². The summed E-state index contributed by atoms with van der Waals surface area (Å²) in [6, 6.07) is 0. The molecule has 2 nitrogen and oxygen atoms in total. The maximum Gasteiger partial charge on any atom is 0.303 e. The van der Waals surface area contributed by atoms with Gasteiger partial charge in [0.05, 0.1) is 0 Å². The van der Waals surface area contributed by atoms with E-state index in [9.17, 15) is 4.79 Å². The van der Waals surface area contributed by atoms with Crippen molar-refractivity contribution in [2.75, 3.05) is 5.75 Å². The van der Waals surface area contributed by atoms with Crippen LogP contribution >= 0.6 is 23.5 Å². The molecule has 0 saturated carbocycles. The van der Waals surface area contributed by atoms with Crippen molar-refractivity contribution in [1.82, 2.24) is 0 Å². The minimum absolute atomic E-state index is 0.0810. The second-order valence-electron chi connectivity index (χ2n) is 6.90. The Balaban J connectivity index is 0.000000235. The molecule has 0 spiro atoms. The van der Waals surface area contributed by atoms with Crippen molar-refractivity contribution in [3.05, 3.63) is 0 Å². The number of hydrogen-bond donors (Lipinski definition) is 0. The van der Waals surface area contributed by atoms with Gasteiger partial charge in [0.25, 0.3) is 0 Å². The van der Waals surface area contributed by atoms with Crippen molar-refractivity contribution in [1.29, 1.82) is 0 Å². The third-order valence-electron chi connectivity index (χ3n) is 5.30. The summed E-state index contributed by atoms with van der Waals surface area (Å²) in [7, 11) is 0. The monoisotopic (exact) mass is 346 g/mol. The van der Waals surface area contributed by atoms with E-state index in [-0.39, 0.29) is 11.4 Å². The molecule has 0 aromatic carbocycles. The highest BCUT2D eigenvalue weighted by Gasteiger charge is 2.39. The van der Waals surface area contributed by atoms with Gasteiger partial charge in [0, 0.05) is 23.3 Å². The number of ether oxygens (including phenoxy) is 1. The molecular formula is C18H34O2S2. The zero-order valence-electron chi connectivity index (χ0n) is 15.3. The summed E-state index contributed by atoms with van der Waals surface area (Å²) in [5, 5.41) is 1.61. The first kappa shape index (κ1) is 20.2. The maximum absolute atomic E-state index is 10.8. The summed E-state index contributed by atoms with van der Waals surface area (Å²) < 4.78 is 5.25. The van der Waals surface area contributed by atoms with Gasteiger partial charge in [-0.15, -0.1) is 11.8 Å². The third-order valence-corrected chi connectivity index (χ3v) is 9.11. The predicted octanol–water partition coefficient (Wildman–Crippen LogP) is 5.46. The van der Waals surface area contributed by atoms with Gasteiger partial charge in [-0.1, -0.05) is 41.5 Å².